The fourth-order valence-electron chi connectivity index (χ4n) is 3.78. The molecule has 6 heteroatoms. The minimum Gasteiger partial charge on any atom is -0.378 e. The highest BCUT2D eigenvalue weighted by Crippen LogP contribution is 2.33. The molecule has 1 aromatic rings. The zero-order chi connectivity index (χ0) is 20.4. The summed E-state index contributed by atoms with van der Waals surface area (Å²) in [4.78, 5) is 4.38. The Balaban J connectivity index is 0.00000420. The molecule has 1 aliphatic heterocycles. The van der Waals surface area contributed by atoms with E-state index in [4.69, 9.17) is 9.47 Å². The Morgan fingerprint density at radius 3 is 2.59 bits per heavy atom. The van der Waals surface area contributed by atoms with Crippen molar-refractivity contribution in [3.63, 3.8) is 0 Å². The molecule has 1 aromatic carbocycles. The molecule has 0 aromatic heterocycles. The Bertz CT molecular complexity index is 592. The molecule has 1 saturated heterocycles. The van der Waals surface area contributed by atoms with Gasteiger partial charge in [0, 0.05) is 39.3 Å². The van der Waals surface area contributed by atoms with Crippen molar-refractivity contribution < 1.29 is 9.47 Å². The van der Waals surface area contributed by atoms with Crippen molar-refractivity contribution in [3.05, 3.63) is 35.4 Å². The minimum absolute atomic E-state index is 0. The SMILES string of the molecule is CCOC(CCNC(=NC)NCC1CCCOC1c1ccc(C)cc1)C(C)C.I. The number of rotatable bonds is 9. The predicted molar refractivity (Wildman–Crippen MR) is 132 cm³/mol. The van der Waals surface area contributed by atoms with Gasteiger partial charge in [-0.1, -0.05) is 43.7 Å². The Morgan fingerprint density at radius 1 is 1.24 bits per heavy atom. The minimum atomic E-state index is 0. The van der Waals surface area contributed by atoms with Crippen LogP contribution in [0.15, 0.2) is 29.3 Å². The first-order valence-electron chi connectivity index (χ1n) is 10.8. The van der Waals surface area contributed by atoms with Crippen molar-refractivity contribution in [2.45, 2.75) is 59.2 Å². The van der Waals surface area contributed by atoms with Gasteiger partial charge in [0.15, 0.2) is 5.96 Å². The molecule has 0 radical (unpaired) electrons. The maximum Gasteiger partial charge on any atom is 0.190 e. The summed E-state index contributed by atoms with van der Waals surface area (Å²) in [5.74, 6) is 1.82. The summed E-state index contributed by atoms with van der Waals surface area (Å²) in [6, 6.07) is 8.74. The lowest BCUT2D eigenvalue weighted by atomic mass is 9.89. The van der Waals surface area contributed by atoms with Crippen molar-refractivity contribution in [1.82, 2.24) is 10.6 Å². The molecule has 29 heavy (non-hydrogen) atoms. The van der Waals surface area contributed by atoms with Gasteiger partial charge in [0.1, 0.15) is 0 Å². The molecule has 3 unspecified atom stereocenters. The molecule has 0 amide bonds. The van der Waals surface area contributed by atoms with Gasteiger partial charge in [0.25, 0.3) is 0 Å². The van der Waals surface area contributed by atoms with Crippen LogP contribution in [-0.2, 0) is 9.47 Å². The van der Waals surface area contributed by atoms with E-state index in [0.717, 1.165) is 45.1 Å². The number of nitrogens with one attached hydrogen (secondary N) is 2. The van der Waals surface area contributed by atoms with Crippen molar-refractivity contribution >= 4 is 29.9 Å². The maximum atomic E-state index is 6.13. The van der Waals surface area contributed by atoms with E-state index in [1.165, 1.54) is 17.5 Å². The summed E-state index contributed by atoms with van der Waals surface area (Å²) in [6.45, 7) is 11.9. The van der Waals surface area contributed by atoms with Crippen molar-refractivity contribution in [2.75, 3.05) is 33.4 Å². The summed E-state index contributed by atoms with van der Waals surface area (Å²) in [6.07, 6.45) is 3.70. The van der Waals surface area contributed by atoms with Gasteiger partial charge in [-0.3, -0.25) is 4.99 Å². The van der Waals surface area contributed by atoms with Crippen LogP contribution in [0.25, 0.3) is 0 Å². The van der Waals surface area contributed by atoms with Gasteiger partial charge in [-0.15, -0.1) is 24.0 Å². The second-order valence-corrected chi connectivity index (χ2v) is 8.01. The standard InChI is InChI=1S/C23H39N3O2.HI/c1-6-27-21(17(2)3)13-14-25-23(24-5)26-16-20-8-7-15-28-22(20)19-11-9-18(4)10-12-19;/h9-12,17,20-22H,6-8,13-16H2,1-5H3,(H2,24,25,26);1H. The third-order valence-corrected chi connectivity index (χ3v) is 5.45. The first-order valence-corrected chi connectivity index (χ1v) is 10.8. The summed E-state index contributed by atoms with van der Waals surface area (Å²) >= 11 is 0. The zero-order valence-electron chi connectivity index (χ0n) is 18.7. The van der Waals surface area contributed by atoms with Crippen LogP contribution in [0.4, 0.5) is 0 Å². The van der Waals surface area contributed by atoms with E-state index in [0.29, 0.717) is 11.8 Å². The van der Waals surface area contributed by atoms with E-state index in [1.54, 1.807) is 0 Å². The van der Waals surface area contributed by atoms with Crippen LogP contribution >= 0.6 is 24.0 Å². The molecule has 3 atom stereocenters. The number of halogens is 1. The van der Waals surface area contributed by atoms with Crippen molar-refractivity contribution in [2.24, 2.45) is 16.8 Å². The number of hydrogen-bond donors (Lipinski definition) is 2. The molecular formula is C23H40IN3O2. The van der Waals surface area contributed by atoms with Gasteiger partial charge in [0.05, 0.1) is 12.2 Å². The lowest BCUT2D eigenvalue weighted by molar-refractivity contribution is -0.0265. The molecule has 0 saturated carbocycles. The topological polar surface area (TPSA) is 54.9 Å². The van der Waals surface area contributed by atoms with Crippen LogP contribution in [0.2, 0.25) is 0 Å². The van der Waals surface area contributed by atoms with Gasteiger partial charge in [0.2, 0.25) is 0 Å². The summed E-state index contributed by atoms with van der Waals surface area (Å²) < 4.78 is 12.0. The number of aliphatic imine (C=N–C) groups is 1. The molecule has 0 spiro atoms. The first kappa shape index (κ1) is 26.2. The van der Waals surface area contributed by atoms with Crippen LogP contribution in [0, 0.1) is 18.8 Å². The molecule has 166 valence electrons. The monoisotopic (exact) mass is 517 g/mol. The Morgan fingerprint density at radius 2 is 1.97 bits per heavy atom. The lowest BCUT2D eigenvalue weighted by Gasteiger charge is -2.32. The summed E-state index contributed by atoms with van der Waals surface area (Å²) in [5.41, 5.74) is 2.56. The second-order valence-electron chi connectivity index (χ2n) is 8.01. The number of aryl methyl sites for hydroxylation is 1. The number of hydrogen-bond acceptors (Lipinski definition) is 3. The number of ether oxygens (including phenoxy) is 2. The normalized spacial score (nSPS) is 20.8. The largest absolute Gasteiger partial charge is 0.378 e. The predicted octanol–water partition coefficient (Wildman–Crippen LogP) is 4.70. The highest BCUT2D eigenvalue weighted by molar-refractivity contribution is 14.0. The average molecular weight is 517 g/mol. The lowest BCUT2D eigenvalue weighted by Crippen LogP contribution is -2.43. The fraction of sp³-hybridized carbons (Fsp3) is 0.696. The van der Waals surface area contributed by atoms with E-state index < -0.39 is 0 Å². The third-order valence-electron chi connectivity index (χ3n) is 5.45. The molecule has 2 rings (SSSR count). The molecule has 2 N–H and O–H groups in total. The maximum absolute atomic E-state index is 6.13. The molecule has 1 aliphatic rings. The molecule has 5 nitrogen and oxygen atoms in total. The third kappa shape index (κ3) is 8.80. The number of guanidine groups is 1. The highest BCUT2D eigenvalue weighted by atomic mass is 127. The molecule has 0 aliphatic carbocycles. The van der Waals surface area contributed by atoms with E-state index in [9.17, 15) is 0 Å². The van der Waals surface area contributed by atoms with Crippen LogP contribution in [0.5, 0.6) is 0 Å². The number of nitrogens with zero attached hydrogens (tertiary/aromatic N) is 1. The van der Waals surface area contributed by atoms with E-state index in [-0.39, 0.29) is 36.2 Å². The Labute approximate surface area is 194 Å². The highest BCUT2D eigenvalue weighted by Gasteiger charge is 2.27. The van der Waals surface area contributed by atoms with E-state index >= 15 is 0 Å². The fourth-order valence-corrected chi connectivity index (χ4v) is 3.78. The van der Waals surface area contributed by atoms with Gasteiger partial charge in [-0.05, 0) is 44.6 Å². The number of benzene rings is 1. The van der Waals surface area contributed by atoms with E-state index in [2.05, 4.69) is 67.6 Å². The Hall–Kier alpha value is -0.860. The van der Waals surface area contributed by atoms with Crippen LogP contribution in [-0.4, -0.2) is 45.4 Å². The quantitative estimate of drug-likeness (QED) is 0.284. The van der Waals surface area contributed by atoms with Gasteiger partial charge < -0.3 is 20.1 Å². The van der Waals surface area contributed by atoms with Crippen molar-refractivity contribution in [3.8, 4) is 0 Å². The molecular weight excluding hydrogens is 477 g/mol. The van der Waals surface area contributed by atoms with Gasteiger partial charge in [-0.2, -0.15) is 0 Å². The van der Waals surface area contributed by atoms with E-state index in [1.807, 2.05) is 7.05 Å². The smallest absolute Gasteiger partial charge is 0.190 e. The van der Waals surface area contributed by atoms with Crippen LogP contribution in [0.3, 0.4) is 0 Å². The average Bonchev–Trinajstić information content (AvgIpc) is 2.70. The molecule has 0 bridgehead atoms. The summed E-state index contributed by atoms with van der Waals surface area (Å²) in [5, 5.41) is 6.94. The van der Waals surface area contributed by atoms with Crippen molar-refractivity contribution in [1.29, 1.82) is 0 Å². The van der Waals surface area contributed by atoms with Crippen LogP contribution < -0.4 is 10.6 Å². The first-order chi connectivity index (χ1) is 13.5. The van der Waals surface area contributed by atoms with Gasteiger partial charge in [-0.25, -0.2) is 0 Å². The van der Waals surface area contributed by atoms with Gasteiger partial charge >= 0.3 is 0 Å². The zero-order valence-corrected chi connectivity index (χ0v) is 21.1. The van der Waals surface area contributed by atoms with Crippen LogP contribution in [0.1, 0.15) is 57.3 Å². The molecule has 1 heterocycles. The Kier molecular flexibility index (Phi) is 12.8. The second kappa shape index (κ2) is 14.2. The molecule has 1 fully saturated rings. The summed E-state index contributed by atoms with van der Waals surface area (Å²) in [7, 11) is 1.83.